The molecule has 2 saturated heterocycles. The number of nitrogens with zero attached hydrogens (tertiary/aromatic N) is 2. The van der Waals surface area contributed by atoms with Gasteiger partial charge in [0.15, 0.2) is 5.11 Å². The number of rotatable bonds is 4. The van der Waals surface area contributed by atoms with Gasteiger partial charge in [-0.05, 0) is 62.0 Å². The van der Waals surface area contributed by atoms with Crippen LogP contribution in [0.5, 0.6) is 0 Å². The number of thiocarbonyl (C=S) groups is 1. The summed E-state index contributed by atoms with van der Waals surface area (Å²) in [6.45, 7) is 7.70. The topological polar surface area (TPSA) is 30.5 Å². The fourth-order valence-corrected chi connectivity index (χ4v) is 3.78. The smallest absolute Gasteiger partial charge is 0.166 e. The molecule has 6 heteroatoms. The zero-order valence-corrected chi connectivity index (χ0v) is 15.7. The van der Waals surface area contributed by atoms with E-state index in [1.165, 1.54) is 6.42 Å². The van der Waals surface area contributed by atoms with Gasteiger partial charge in [-0.25, -0.2) is 4.39 Å². The third-order valence-corrected chi connectivity index (χ3v) is 5.41. The predicted octanol–water partition coefficient (Wildman–Crippen LogP) is 3.25. The van der Waals surface area contributed by atoms with Crippen LogP contribution in [-0.4, -0.2) is 38.3 Å². The first-order chi connectivity index (χ1) is 12.1. The largest absolute Gasteiger partial charge is 0.369 e. The molecule has 0 aliphatic carbocycles. The Balaban J connectivity index is 1.66. The molecule has 1 aromatic carbocycles. The minimum atomic E-state index is -0.134. The maximum Gasteiger partial charge on any atom is 0.166 e. The van der Waals surface area contributed by atoms with E-state index in [1.807, 2.05) is 19.2 Å². The summed E-state index contributed by atoms with van der Waals surface area (Å²) in [5, 5.41) is 6.77. The summed E-state index contributed by atoms with van der Waals surface area (Å²) in [5.41, 5.74) is 2.65. The summed E-state index contributed by atoms with van der Waals surface area (Å²) in [7, 11) is 1.81. The molecule has 0 spiro atoms. The number of halogens is 1. The fourth-order valence-electron chi connectivity index (χ4n) is 3.70. The summed E-state index contributed by atoms with van der Waals surface area (Å²) in [6.07, 6.45) is 4.44. The fraction of sp³-hybridized carbons (Fsp3) is 0.526. The summed E-state index contributed by atoms with van der Waals surface area (Å²) >= 11 is 5.12. The highest BCUT2D eigenvalue weighted by molar-refractivity contribution is 7.80. The van der Waals surface area contributed by atoms with Gasteiger partial charge in [0, 0.05) is 44.6 Å². The molecule has 0 bridgehead atoms. The minimum Gasteiger partial charge on any atom is -0.369 e. The van der Waals surface area contributed by atoms with E-state index in [9.17, 15) is 4.39 Å². The van der Waals surface area contributed by atoms with Crippen LogP contribution in [0.15, 0.2) is 30.5 Å². The number of benzene rings is 1. The van der Waals surface area contributed by atoms with Crippen LogP contribution in [0.3, 0.4) is 0 Å². The van der Waals surface area contributed by atoms with Crippen LogP contribution < -0.4 is 20.4 Å². The quantitative estimate of drug-likeness (QED) is 0.803. The summed E-state index contributed by atoms with van der Waals surface area (Å²) < 4.78 is 14.7. The van der Waals surface area contributed by atoms with Gasteiger partial charge in [0.2, 0.25) is 0 Å². The average Bonchev–Trinajstić information content (AvgIpc) is 3.01. The van der Waals surface area contributed by atoms with E-state index < -0.39 is 0 Å². The van der Waals surface area contributed by atoms with Crippen molar-refractivity contribution in [1.29, 1.82) is 0 Å². The van der Waals surface area contributed by atoms with Crippen molar-refractivity contribution in [2.45, 2.75) is 25.7 Å². The SMILES string of the molecule is C=C1CC(CNC(=S)NC)CN1c1ccc(N2CCCCC2)c(F)c1. The van der Waals surface area contributed by atoms with Crippen LogP contribution in [0, 0.1) is 11.7 Å². The Morgan fingerprint density at radius 1 is 1.32 bits per heavy atom. The second kappa shape index (κ2) is 8.04. The van der Waals surface area contributed by atoms with Crippen LogP contribution in [0.25, 0.3) is 0 Å². The third-order valence-electron chi connectivity index (χ3n) is 5.06. The molecular weight excluding hydrogens is 335 g/mol. The zero-order chi connectivity index (χ0) is 17.8. The van der Waals surface area contributed by atoms with Crippen LogP contribution in [0.4, 0.5) is 15.8 Å². The molecule has 2 fully saturated rings. The molecule has 136 valence electrons. The van der Waals surface area contributed by atoms with Gasteiger partial charge in [0.1, 0.15) is 5.82 Å². The Morgan fingerprint density at radius 2 is 2.08 bits per heavy atom. The summed E-state index contributed by atoms with van der Waals surface area (Å²) in [6, 6.07) is 5.60. The number of nitrogens with one attached hydrogen (secondary N) is 2. The Kier molecular flexibility index (Phi) is 5.78. The second-order valence-corrected chi connectivity index (χ2v) is 7.30. The van der Waals surface area contributed by atoms with Gasteiger partial charge >= 0.3 is 0 Å². The highest BCUT2D eigenvalue weighted by atomic mass is 32.1. The predicted molar refractivity (Wildman–Crippen MR) is 107 cm³/mol. The summed E-state index contributed by atoms with van der Waals surface area (Å²) in [4.78, 5) is 4.28. The number of anilines is 2. The molecule has 2 aliphatic rings. The molecule has 0 radical (unpaired) electrons. The molecule has 1 aromatic rings. The lowest BCUT2D eigenvalue weighted by Crippen LogP contribution is -2.36. The van der Waals surface area contributed by atoms with Crippen LogP contribution in [0.1, 0.15) is 25.7 Å². The lowest BCUT2D eigenvalue weighted by atomic mass is 10.1. The molecule has 0 amide bonds. The number of hydrogen-bond acceptors (Lipinski definition) is 3. The molecular formula is C19H27FN4S. The van der Waals surface area contributed by atoms with Crippen LogP contribution in [0.2, 0.25) is 0 Å². The Bertz CT molecular complexity index is 642. The van der Waals surface area contributed by atoms with Crippen molar-refractivity contribution < 1.29 is 4.39 Å². The van der Waals surface area contributed by atoms with Gasteiger partial charge in [-0.3, -0.25) is 0 Å². The van der Waals surface area contributed by atoms with Crippen molar-refractivity contribution in [3.8, 4) is 0 Å². The first-order valence-electron chi connectivity index (χ1n) is 9.04. The Morgan fingerprint density at radius 3 is 2.76 bits per heavy atom. The normalized spacial score (nSPS) is 20.7. The number of piperidine rings is 1. The van der Waals surface area contributed by atoms with Gasteiger partial charge in [0.05, 0.1) is 5.69 Å². The maximum atomic E-state index is 14.7. The lowest BCUT2D eigenvalue weighted by Gasteiger charge is -2.30. The van der Waals surface area contributed by atoms with Crippen LogP contribution in [-0.2, 0) is 0 Å². The molecule has 1 atom stereocenters. The van der Waals surface area contributed by atoms with Crippen LogP contribution >= 0.6 is 12.2 Å². The van der Waals surface area contributed by atoms with Gasteiger partial charge in [-0.2, -0.15) is 0 Å². The molecule has 2 heterocycles. The first-order valence-corrected chi connectivity index (χ1v) is 9.44. The minimum absolute atomic E-state index is 0.134. The standard InChI is InChI=1S/C19H27FN4S/c1-14-10-15(12-22-19(25)21-2)13-24(14)16-6-7-18(17(20)11-16)23-8-4-3-5-9-23/h6-7,11,15H,1,3-5,8-10,12-13H2,2H3,(H2,21,22,25). The lowest BCUT2D eigenvalue weighted by molar-refractivity contribution is 0.556. The third kappa shape index (κ3) is 4.24. The van der Waals surface area contributed by atoms with E-state index >= 15 is 0 Å². The van der Waals surface area contributed by atoms with Crippen molar-refractivity contribution in [3.05, 3.63) is 36.3 Å². The molecule has 3 rings (SSSR count). The van der Waals surface area contributed by atoms with Crippen molar-refractivity contribution in [3.63, 3.8) is 0 Å². The Labute approximate surface area is 155 Å². The van der Waals surface area contributed by atoms with Crippen molar-refractivity contribution in [1.82, 2.24) is 10.6 Å². The molecule has 0 saturated carbocycles. The van der Waals surface area contributed by atoms with Gasteiger partial charge in [0.25, 0.3) is 0 Å². The van der Waals surface area contributed by atoms with E-state index in [-0.39, 0.29) is 5.82 Å². The molecule has 4 nitrogen and oxygen atoms in total. The second-order valence-electron chi connectivity index (χ2n) is 6.89. The molecule has 25 heavy (non-hydrogen) atoms. The van der Waals surface area contributed by atoms with E-state index in [1.54, 1.807) is 6.07 Å². The summed E-state index contributed by atoms with van der Waals surface area (Å²) in [5.74, 6) is 0.286. The molecule has 1 unspecified atom stereocenters. The van der Waals surface area contributed by atoms with Gasteiger partial charge in [-0.1, -0.05) is 6.58 Å². The molecule has 2 N–H and O–H groups in total. The van der Waals surface area contributed by atoms with Crippen molar-refractivity contribution in [2.24, 2.45) is 5.92 Å². The first kappa shape index (κ1) is 18.0. The average molecular weight is 363 g/mol. The van der Waals surface area contributed by atoms with E-state index in [0.29, 0.717) is 11.0 Å². The van der Waals surface area contributed by atoms with E-state index in [0.717, 1.165) is 62.5 Å². The van der Waals surface area contributed by atoms with E-state index in [2.05, 4.69) is 27.0 Å². The van der Waals surface area contributed by atoms with Crippen molar-refractivity contribution in [2.75, 3.05) is 43.0 Å². The highest BCUT2D eigenvalue weighted by Gasteiger charge is 2.27. The van der Waals surface area contributed by atoms with Gasteiger partial charge in [-0.15, -0.1) is 0 Å². The van der Waals surface area contributed by atoms with Crippen molar-refractivity contribution >= 4 is 28.7 Å². The van der Waals surface area contributed by atoms with Gasteiger partial charge < -0.3 is 20.4 Å². The highest BCUT2D eigenvalue weighted by Crippen LogP contribution is 2.33. The number of allylic oxidation sites excluding steroid dienone is 1. The van der Waals surface area contributed by atoms with E-state index in [4.69, 9.17) is 12.2 Å². The molecule has 2 aliphatic heterocycles. The zero-order valence-electron chi connectivity index (χ0n) is 14.9. The maximum absolute atomic E-state index is 14.7. The monoisotopic (exact) mass is 362 g/mol. The molecule has 0 aromatic heterocycles. The Hall–Kier alpha value is -1.82. The number of hydrogen-bond donors (Lipinski definition) is 2.